The molecule has 0 bridgehead atoms. The zero-order chi connectivity index (χ0) is 20.2. The van der Waals surface area contributed by atoms with Crippen LogP contribution in [0, 0.1) is 10.1 Å². The van der Waals surface area contributed by atoms with Crippen molar-refractivity contribution in [3.05, 3.63) is 101 Å². The van der Waals surface area contributed by atoms with Gasteiger partial charge in [-0.05, 0) is 36.2 Å². The molecule has 4 rings (SSSR count). The first kappa shape index (κ1) is 18.9. The number of nitrogens with zero attached hydrogens (tertiary/aromatic N) is 3. The average molecular weight is 403 g/mol. The third-order valence-electron chi connectivity index (χ3n) is 4.47. The summed E-state index contributed by atoms with van der Waals surface area (Å²) in [5.74, 6) is -0.0811. The summed E-state index contributed by atoms with van der Waals surface area (Å²) < 4.78 is 0. The van der Waals surface area contributed by atoms with E-state index in [-0.39, 0.29) is 11.6 Å². The Bertz CT molecular complexity index is 1070. The van der Waals surface area contributed by atoms with E-state index in [9.17, 15) is 14.9 Å². The third-order valence-corrected chi connectivity index (χ3v) is 5.61. The summed E-state index contributed by atoms with van der Waals surface area (Å²) in [5, 5.41) is 11.2. The van der Waals surface area contributed by atoms with Gasteiger partial charge in [0.15, 0.2) is 5.17 Å². The number of para-hydroxylation sites is 2. The van der Waals surface area contributed by atoms with Gasteiger partial charge in [0, 0.05) is 12.1 Å². The first-order valence-corrected chi connectivity index (χ1v) is 9.92. The van der Waals surface area contributed by atoms with Gasteiger partial charge in [-0.1, -0.05) is 60.3 Å². The van der Waals surface area contributed by atoms with Gasteiger partial charge < -0.3 is 0 Å². The van der Waals surface area contributed by atoms with Gasteiger partial charge in [-0.3, -0.25) is 19.8 Å². The molecule has 1 heterocycles. The van der Waals surface area contributed by atoms with Crippen LogP contribution >= 0.6 is 11.8 Å². The fraction of sp³-hybridized carbons (Fsp3) is 0.0909. The summed E-state index contributed by atoms with van der Waals surface area (Å²) in [4.78, 5) is 30.2. The average Bonchev–Trinajstić information content (AvgIpc) is 3.04. The Hall–Kier alpha value is -3.45. The molecule has 0 unspecified atom stereocenters. The summed E-state index contributed by atoms with van der Waals surface area (Å²) >= 11 is 1.38. The predicted molar refractivity (Wildman–Crippen MR) is 116 cm³/mol. The molecule has 1 aliphatic heterocycles. The van der Waals surface area contributed by atoms with E-state index in [4.69, 9.17) is 0 Å². The number of carbonyl (C=O) groups excluding carboxylic acids is 1. The molecule has 0 saturated carbocycles. The fourth-order valence-electron chi connectivity index (χ4n) is 3.11. The lowest BCUT2D eigenvalue weighted by atomic mass is 10.1. The van der Waals surface area contributed by atoms with E-state index in [0.717, 1.165) is 16.9 Å². The van der Waals surface area contributed by atoms with Gasteiger partial charge in [-0.2, -0.15) is 0 Å². The van der Waals surface area contributed by atoms with Crippen LogP contribution in [-0.2, 0) is 11.2 Å². The molecule has 1 fully saturated rings. The van der Waals surface area contributed by atoms with Gasteiger partial charge in [0.05, 0.1) is 21.5 Å². The standard InChI is InChI=1S/C22H17N3O3S/c26-21-20(15-16-8-7-13-19(14-16)25(27)28)29-22(23-17-9-3-1-4-10-17)24(21)18-11-5-2-6-12-18/h1-14,20H,15H2/t20-/m0/s1. The Labute approximate surface area is 172 Å². The molecule has 1 amide bonds. The summed E-state index contributed by atoms with van der Waals surface area (Å²) in [6.45, 7) is 0. The summed E-state index contributed by atoms with van der Waals surface area (Å²) in [5.41, 5.74) is 2.29. The molecule has 29 heavy (non-hydrogen) atoms. The van der Waals surface area contributed by atoms with Gasteiger partial charge >= 0.3 is 0 Å². The quantitative estimate of drug-likeness (QED) is 0.445. The molecular weight excluding hydrogens is 386 g/mol. The number of carbonyl (C=O) groups is 1. The number of amides is 1. The highest BCUT2D eigenvalue weighted by Crippen LogP contribution is 2.35. The molecule has 1 aliphatic rings. The molecule has 0 spiro atoms. The van der Waals surface area contributed by atoms with E-state index in [2.05, 4.69) is 4.99 Å². The van der Waals surface area contributed by atoms with Crippen LogP contribution in [0.3, 0.4) is 0 Å². The molecule has 0 N–H and O–H groups in total. The minimum Gasteiger partial charge on any atom is -0.273 e. The van der Waals surface area contributed by atoms with Crippen LogP contribution in [-0.4, -0.2) is 21.2 Å². The van der Waals surface area contributed by atoms with Gasteiger partial charge in [0.25, 0.3) is 5.69 Å². The lowest BCUT2D eigenvalue weighted by Gasteiger charge is -2.16. The van der Waals surface area contributed by atoms with Crippen molar-refractivity contribution in [1.82, 2.24) is 0 Å². The third kappa shape index (κ3) is 4.20. The monoisotopic (exact) mass is 403 g/mol. The molecular formula is C22H17N3O3S. The number of thioether (sulfide) groups is 1. The Kier molecular flexibility index (Phi) is 5.39. The van der Waals surface area contributed by atoms with Gasteiger partial charge in [0.2, 0.25) is 5.91 Å². The van der Waals surface area contributed by atoms with Crippen LogP contribution in [0.15, 0.2) is 89.9 Å². The Morgan fingerprint density at radius 1 is 0.966 bits per heavy atom. The summed E-state index contributed by atoms with van der Waals surface area (Å²) in [6.07, 6.45) is 0.391. The van der Waals surface area contributed by atoms with E-state index >= 15 is 0 Å². The van der Waals surface area contributed by atoms with E-state index in [1.165, 1.54) is 23.9 Å². The van der Waals surface area contributed by atoms with Crippen LogP contribution in [0.5, 0.6) is 0 Å². The second-order valence-electron chi connectivity index (χ2n) is 6.48. The number of non-ortho nitro benzene ring substituents is 1. The minimum atomic E-state index is -0.425. The second-order valence-corrected chi connectivity index (χ2v) is 7.65. The highest BCUT2D eigenvalue weighted by atomic mass is 32.2. The highest BCUT2D eigenvalue weighted by Gasteiger charge is 2.39. The minimum absolute atomic E-state index is 0.0241. The van der Waals surface area contributed by atoms with Gasteiger partial charge in [-0.15, -0.1) is 0 Å². The maximum Gasteiger partial charge on any atom is 0.269 e. The smallest absolute Gasteiger partial charge is 0.269 e. The van der Waals surface area contributed by atoms with Crippen LogP contribution in [0.2, 0.25) is 0 Å². The normalized spacial score (nSPS) is 17.7. The number of rotatable bonds is 5. The van der Waals surface area contributed by atoms with Crippen molar-refractivity contribution in [1.29, 1.82) is 0 Å². The number of aliphatic imine (C=N–C) groups is 1. The SMILES string of the molecule is O=C1[C@H](Cc2cccc([N+](=O)[O-])c2)SC(=Nc2ccccc2)N1c1ccccc1. The summed E-state index contributed by atoms with van der Waals surface area (Å²) in [7, 11) is 0. The van der Waals surface area contributed by atoms with Crippen molar-refractivity contribution in [3.8, 4) is 0 Å². The first-order chi connectivity index (χ1) is 14.1. The Morgan fingerprint density at radius 2 is 1.66 bits per heavy atom. The van der Waals surface area contributed by atoms with E-state index in [0.29, 0.717) is 11.6 Å². The largest absolute Gasteiger partial charge is 0.273 e. The zero-order valence-electron chi connectivity index (χ0n) is 15.3. The van der Waals surface area contributed by atoms with Crippen LogP contribution < -0.4 is 4.90 Å². The van der Waals surface area contributed by atoms with Crippen LogP contribution in [0.1, 0.15) is 5.56 Å². The van der Waals surface area contributed by atoms with Crippen molar-refractivity contribution in [2.24, 2.45) is 4.99 Å². The molecule has 0 aliphatic carbocycles. The van der Waals surface area contributed by atoms with E-state index in [1.54, 1.807) is 17.0 Å². The summed E-state index contributed by atoms with van der Waals surface area (Å²) in [6, 6.07) is 25.3. The molecule has 3 aromatic carbocycles. The van der Waals surface area contributed by atoms with E-state index < -0.39 is 10.2 Å². The molecule has 0 radical (unpaired) electrons. The number of amidine groups is 1. The lowest BCUT2D eigenvalue weighted by molar-refractivity contribution is -0.384. The fourth-order valence-corrected chi connectivity index (χ4v) is 4.31. The number of hydrogen-bond acceptors (Lipinski definition) is 5. The first-order valence-electron chi connectivity index (χ1n) is 9.04. The number of hydrogen-bond donors (Lipinski definition) is 0. The molecule has 1 atom stereocenters. The van der Waals surface area contributed by atoms with Crippen molar-refractivity contribution < 1.29 is 9.72 Å². The van der Waals surface area contributed by atoms with Crippen molar-refractivity contribution in [2.45, 2.75) is 11.7 Å². The number of anilines is 1. The van der Waals surface area contributed by atoms with Gasteiger partial charge in [-0.25, -0.2) is 4.99 Å². The van der Waals surface area contributed by atoms with Crippen LogP contribution in [0.25, 0.3) is 0 Å². The Balaban J connectivity index is 1.67. The molecule has 144 valence electrons. The van der Waals surface area contributed by atoms with Crippen molar-refractivity contribution >= 4 is 39.9 Å². The predicted octanol–water partition coefficient (Wildman–Crippen LogP) is 4.97. The molecule has 0 aromatic heterocycles. The molecule has 3 aromatic rings. The maximum atomic E-state index is 13.2. The Morgan fingerprint density at radius 3 is 2.34 bits per heavy atom. The zero-order valence-corrected chi connectivity index (χ0v) is 16.2. The number of nitro benzene ring substituents is 1. The number of nitro groups is 1. The maximum absolute atomic E-state index is 13.2. The molecule has 1 saturated heterocycles. The van der Waals surface area contributed by atoms with Crippen LogP contribution in [0.4, 0.5) is 17.1 Å². The molecule has 7 heteroatoms. The topological polar surface area (TPSA) is 75.8 Å². The number of benzene rings is 3. The highest BCUT2D eigenvalue weighted by molar-refractivity contribution is 8.16. The van der Waals surface area contributed by atoms with Crippen molar-refractivity contribution in [2.75, 3.05) is 4.90 Å². The van der Waals surface area contributed by atoms with Gasteiger partial charge in [0.1, 0.15) is 0 Å². The van der Waals surface area contributed by atoms with E-state index in [1.807, 2.05) is 60.7 Å². The van der Waals surface area contributed by atoms with Crippen molar-refractivity contribution in [3.63, 3.8) is 0 Å². The lowest BCUT2D eigenvalue weighted by Crippen LogP contribution is -2.32. The molecule has 6 nitrogen and oxygen atoms in total. The second kappa shape index (κ2) is 8.28.